The van der Waals surface area contributed by atoms with Crippen molar-refractivity contribution in [3.05, 3.63) is 263 Å². The van der Waals surface area contributed by atoms with Gasteiger partial charge >= 0.3 is 93.8 Å². The first-order valence-corrected chi connectivity index (χ1v) is 22.5. The summed E-state index contributed by atoms with van der Waals surface area (Å²) in [6, 6.07) is 44.7. The smallest absolute Gasteiger partial charge is 0.872 e. The van der Waals surface area contributed by atoms with Gasteiger partial charge in [0.1, 0.15) is 0 Å². The second-order valence-corrected chi connectivity index (χ2v) is 14.8. The topological polar surface area (TPSA) is 314 Å². The molecule has 8 aromatic rings. The first kappa shape index (κ1) is 68.8. The van der Waals surface area contributed by atoms with Crippen LogP contribution in [-0.2, 0) is 0 Å². The Kier molecular flexibility index (Phi) is 35.3. The molecule has 6 aromatic carbocycles. The monoisotopic (exact) mass is 1370 g/mol. The van der Waals surface area contributed by atoms with Crippen molar-refractivity contribution in [1.29, 1.82) is 0 Å². The Morgan fingerprint density at radius 2 is 0.756 bits per heavy atom. The number of benzene rings is 6. The Balaban J connectivity index is 0.000000505. The predicted molar refractivity (Wildman–Crippen MR) is 280 cm³/mol. The molecule has 2 radical (unpaired) electrons. The average Bonchev–Trinajstić information content (AvgIpc) is 3.47. The third kappa shape index (κ3) is 25.7. The average molecular weight is 1370 g/mol. The van der Waals surface area contributed by atoms with Gasteiger partial charge in [-0.1, -0.05) is 192 Å². The SMILES string of the molecule is CO.CO.Cc1ccc([O-])c(/C=N/N=C(\[O-])c2cnccn2)c1.Cc1ccc([O-])c(/C=N/N=C(\[O-])c2cnccn2)c1.O=C(/C=C(\[O-])c1ccccc1)c1ccccc1.O=C(/C=C(\[O-])c1ccccc1)c1ccccc1.[Yb+3].[Yb+3]. The molecule has 410 valence electrons. The Morgan fingerprint density at radius 3 is 1.05 bits per heavy atom. The normalized spacial score (nSPS) is 10.8. The maximum absolute atomic E-state index is 11.8. The molecule has 78 heavy (non-hydrogen) atoms. The molecule has 18 nitrogen and oxygen atoms in total. The van der Waals surface area contributed by atoms with Crippen molar-refractivity contribution in [2.45, 2.75) is 13.8 Å². The summed E-state index contributed by atoms with van der Waals surface area (Å²) in [5.74, 6) is -2.61. The van der Waals surface area contributed by atoms with E-state index in [9.17, 15) is 40.2 Å². The second-order valence-electron chi connectivity index (χ2n) is 14.8. The van der Waals surface area contributed by atoms with Gasteiger partial charge in [0, 0.05) is 61.9 Å². The van der Waals surface area contributed by atoms with Gasteiger partial charge < -0.3 is 40.9 Å². The summed E-state index contributed by atoms with van der Waals surface area (Å²) < 4.78 is 0. The first-order valence-electron chi connectivity index (χ1n) is 22.5. The van der Waals surface area contributed by atoms with Crippen molar-refractivity contribution in [3.63, 3.8) is 0 Å². The van der Waals surface area contributed by atoms with E-state index in [0.717, 1.165) is 37.5 Å². The molecule has 0 atom stereocenters. The second kappa shape index (κ2) is 40.0. The summed E-state index contributed by atoms with van der Waals surface area (Å²) in [6.45, 7) is 3.72. The number of ketones is 2. The number of hydrogen-bond donors (Lipinski definition) is 2. The molecule has 0 saturated heterocycles. The molecular weight excluding hydrogens is 1310 g/mol. The molecule has 2 aromatic heterocycles. The molecule has 0 spiro atoms. The third-order valence-electron chi connectivity index (χ3n) is 9.34. The van der Waals surface area contributed by atoms with Crippen LogP contribution in [0, 0.1) is 108 Å². The molecule has 2 N–H and O–H groups in total. The standard InChI is InChI=1S/2C15H12O2.2C13H12N4O2.2CH4O.2Yb/c2*16-14(12-7-3-1-4-8-12)11-15(17)13-9-5-2-6-10-13;2*1-9-2-3-12(18)10(6-9)7-16-17-13(19)11-8-14-4-5-15-11;2*1-2;;/h2*1-11,16H;2*2-8,18H,1H3,(H,17,19);2*2H,1H3;;/q;;;;;;2*+3/p-6/b2*14-11-;2*16-7+;;;;. The van der Waals surface area contributed by atoms with Crippen LogP contribution in [0.1, 0.15) is 65.5 Å². The minimum Gasteiger partial charge on any atom is -0.872 e. The number of aliphatic hydroxyl groups is 2. The first-order chi connectivity index (χ1) is 36.9. The molecule has 0 aliphatic rings. The van der Waals surface area contributed by atoms with Crippen LogP contribution >= 0.6 is 0 Å². The van der Waals surface area contributed by atoms with Crippen LogP contribution in [0.15, 0.2) is 227 Å². The van der Waals surface area contributed by atoms with Crippen LogP contribution in [-0.4, -0.2) is 80.2 Å². The van der Waals surface area contributed by atoms with Crippen molar-refractivity contribution in [2.24, 2.45) is 20.4 Å². The Hall–Kier alpha value is -7.26. The number of hydrogen-bond acceptors (Lipinski definition) is 18. The largest absolute Gasteiger partial charge is 3.00 e. The van der Waals surface area contributed by atoms with Gasteiger partial charge in [-0.25, -0.2) is 0 Å². The molecule has 0 bridgehead atoms. The van der Waals surface area contributed by atoms with E-state index in [1.807, 2.05) is 38.1 Å². The minimum atomic E-state index is -0.607. The number of aliphatic hydroxyl groups excluding tert-OH is 2. The van der Waals surface area contributed by atoms with Crippen LogP contribution in [0.2, 0.25) is 0 Å². The van der Waals surface area contributed by atoms with Crippen molar-refractivity contribution in [2.75, 3.05) is 14.2 Å². The molecule has 0 fully saturated rings. The molecule has 2 heterocycles. The Labute approximate surface area is 528 Å². The van der Waals surface area contributed by atoms with Crippen molar-refractivity contribution >= 4 is 47.3 Å². The Bertz CT molecular complexity index is 2980. The quantitative estimate of drug-likeness (QED) is 0.0440. The predicted octanol–water partition coefficient (Wildman–Crippen LogP) is 3.76. The zero-order chi connectivity index (χ0) is 55.5. The fraction of sp³-hybridized carbons (Fsp3) is 0.0690. The van der Waals surface area contributed by atoms with E-state index in [2.05, 4.69) is 40.3 Å². The van der Waals surface area contributed by atoms with Gasteiger partial charge in [0.2, 0.25) is 0 Å². The summed E-state index contributed by atoms with van der Waals surface area (Å²) in [5.41, 5.74) is 4.94. The number of aryl methyl sites for hydroxylation is 2. The summed E-state index contributed by atoms with van der Waals surface area (Å²) in [7, 11) is 2.00. The van der Waals surface area contributed by atoms with Gasteiger partial charge in [-0.15, -0.1) is 0 Å². The van der Waals surface area contributed by atoms with Crippen LogP contribution in [0.5, 0.6) is 11.5 Å². The van der Waals surface area contributed by atoms with E-state index in [0.29, 0.717) is 33.4 Å². The van der Waals surface area contributed by atoms with E-state index in [4.69, 9.17) is 10.2 Å². The molecule has 0 aliphatic carbocycles. The molecule has 0 unspecified atom stereocenters. The summed E-state index contributed by atoms with van der Waals surface area (Å²) in [6.07, 6.45) is 13.1. The molecule has 0 saturated carbocycles. The maximum Gasteiger partial charge on any atom is 3.00 e. The summed E-state index contributed by atoms with van der Waals surface area (Å²) in [4.78, 5) is 38.6. The minimum absolute atomic E-state index is 0. The maximum atomic E-state index is 11.8. The fourth-order valence-corrected chi connectivity index (χ4v) is 5.73. The van der Waals surface area contributed by atoms with Crippen molar-refractivity contribution < 1.29 is 144 Å². The molecule has 20 heteroatoms. The van der Waals surface area contributed by atoms with E-state index in [1.54, 1.807) is 121 Å². The van der Waals surface area contributed by atoms with Crippen LogP contribution in [0.4, 0.5) is 0 Å². The summed E-state index contributed by atoms with van der Waals surface area (Å²) >= 11 is 0. The number of carbonyl (C=O) groups is 2. The van der Waals surface area contributed by atoms with Crippen molar-refractivity contribution in [1.82, 2.24) is 19.9 Å². The van der Waals surface area contributed by atoms with Crippen LogP contribution in [0.25, 0.3) is 11.5 Å². The van der Waals surface area contributed by atoms with Gasteiger partial charge in [-0.3, -0.25) is 29.5 Å². The van der Waals surface area contributed by atoms with Gasteiger partial charge in [-0.2, -0.15) is 20.4 Å². The molecule has 8 rings (SSSR count). The molecule has 0 aliphatic heterocycles. The van der Waals surface area contributed by atoms with Crippen LogP contribution in [0.3, 0.4) is 0 Å². The number of allylic oxidation sites excluding steroid dienone is 2. The van der Waals surface area contributed by atoms with Gasteiger partial charge in [0.15, 0.2) is 11.6 Å². The van der Waals surface area contributed by atoms with Gasteiger partial charge in [0.05, 0.1) is 36.2 Å². The summed E-state index contributed by atoms with van der Waals surface area (Å²) in [5, 5.41) is 97.6. The van der Waals surface area contributed by atoms with E-state index in [1.165, 1.54) is 61.7 Å². The van der Waals surface area contributed by atoms with E-state index < -0.39 is 11.8 Å². The van der Waals surface area contributed by atoms with E-state index in [-0.39, 0.29) is 140 Å². The Morgan fingerprint density at radius 1 is 0.449 bits per heavy atom. The fourth-order valence-electron chi connectivity index (χ4n) is 5.73. The molecule has 0 amide bonds. The third-order valence-corrected chi connectivity index (χ3v) is 9.34. The van der Waals surface area contributed by atoms with Gasteiger partial charge in [-0.05, 0) is 48.3 Å². The van der Waals surface area contributed by atoms with E-state index >= 15 is 0 Å². The number of rotatable bonds is 12. The molecular formula is C58H50N8O10Yb2. The zero-order valence-electron chi connectivity index (χ0n) is 42.1. The number of aromatic nitrogens is 4. The zero-order valence-corrected chi connectivity index (χ0v) is 45.5. The van der Waals surface area contributed by atoms with Crippen molar-refractivity contribution in [3.8, 4) is 11.5 Å². The number of carbonyl (C=O) groups excluding carboxylic acids is 2. The van der Waals surface area contributed by atoms with Crippen LogP contribution < -0.4 is 30.6 Å². The van der Waals surface area contributed by atoms with Gasteiger partial charge in [0.25, 0.3) is 0 Å². The number of nitrogens with zero attached hydrogens (tertiary/aromatic N) is 8.